The lowest BCUT2D eigenvalue weighted by atomic mass is 9.86. The summed E-state index contributed by atoms with van der Waals surface area (Å²) in [5.74, 6) is 0.819. The minimum absolute atomic E-state index is 0.232. The fourth-order valence-corrected chi connectivity index (χ4v) is 4.62. The van der Waals surface area contributed by atoms with Crippen LogP contribution in [0.4, 0.5) is 5.82 Å². The number of hydrogen-bond donors (Lipinski definition) is 2. The van der Waals surface area contributed by atoms with Gasteiger partial charge < -0.3 is 19.9 Å². The van der Waals surface area contributed by atoms with E-state index >= 15 is 0 Å². The molecular formula is C31H31N3O4. The van der Waals surface area contributed by atoms with Crippen molar-refractivity contribution >= 4 is 11.8 Å². The third kappa shape index (κ3) is 6.68. The third-order valence-electron chi connectivity index (χ3n) is 6.79. The Labute approximate surface area is 222 Å². The molecule has 0 aliphatic heterocycles. The molecule has 1 fully saturated rings. The number of aliphatic carboxylic acids is 1. The molecule has 0 saturated heterocycles. The molecule has 7 heteroatoms. The zero-order valence-corrected chi connectivity index (χ0v) is 21.1. The molecule has 2 aromatic carbocycles. The Kier molecular flexibility index (Phi) is 8.13. The van der Waals surface area contributed by atoms with E-state index in [4.69, 9.17) is 9.47 Å². The number of nitrogens with one attached hydrogen (secondary N) is 1. The zero-order chi connectivity index (χ0) is 26.2. The van der Waals surface area contributed by atoms with Crippen molar-refractivity contribution in [2.75, 3.05) is 5.32 Å². The molecule has 0 unspecified atom stereocenters. The van der Waals surface area contributed by atoms with Crippen molar-refractivity contribution in [3.8, 4) is 22.9 Å². The summed E-state index contributed by atoms with van der Waals surface area (Å²) in [5.41, 5.74) is 3.82. The number of aromatic nitrogens is 2. The summed E-state index contributed by atoms with van der Waals surface area (Å²) >= 11 is 0. The van der Waals surface area contributed by atoms with Crippen LogP contribution in [-0.4, -0.2) is 27.1 Å². The Morgan fingerprint density at radius 3 is 2.08 bits per heavy atom. The second-order valence-corrected chi connectivity index (χ2v) is 9.51. The minimum Gasteiger partial charge on any atom is -0.481 e. The summed E-state index contributed by atoms with van der Waals surface area (Å²) in [7, 11) is 0. The standard InChI is InChI=1S/C31H31N3O4/c35-31(36)24-11-14-26(15-12-24)33-28-17-13-25(19-32-28)27-16-18-29(37-20-22-7-3-1-4-8-22)34-30(27)38-21-23-9-5-2-6-10-23/h1-10,13,16-19,24,26H,11-12,14-15,20-21H2,(H,32,33)(H,35,36)/t24-,26-. The molecule has 0 amide bonds. The Bertz CT molecular complexity index is 1320. The minimum atomic E-state index is -0.693. The van der Waals surface area contributed by atoms with Crippen LogP contribution in [0.25, 0.3) is 11.1 Å². The van der Waals surface area contributed by atoms with Gasteiger partial charge in [0.15, 0.2) is 0 Å². The molecule has 0 spiro atoms. The number of hydrogen-bond acceptors (Lipinski definition) is 6. The fraction of sp³-hybridized carbons (Fsp3) is 0.258. The van der Waals surface area contributed by atoms with Crippen LogP contribution in [0.2, 0.25) is 0 Å². The van der Waals surface area contributed by atoms with E-state index in [0.717, 1.165) is 40.9 Å². The van der Waals surface area contributed by atoms with Gasteiger partial charge in [0.05, 0.1) is 5.92 Å². The van der Waals surface area contributed by atoms with Gasteiger partial charge in [0.2, 0.25) is 11.8 Å². The predicted molar refractivity (Wildman–Crippen MR) is 146 cm³/mol. The van der Waals surface area contributed by atoms with Gasteiger partial charge >= 0.3 is 5.97 Å². The summed E-state index contributed by atoms with van der Waals surface area (Å²) < 4.78 is 12.1. The molecule has 0 radical (unpaired) electrons. The lowest BCUT2D eigenvalue weighted by Crippen LogP contribution is -2.29. The van der Waals surface area contributed by atoms with Gasteiger partial charge in [-0.1, -0.05) is 60.7 Å². The fourth-order valence-electron chi connectivity index (χ4n) is 4.62. The van der Waals surface area contributed by atoms with Crippen LogP contribution >= 0.6 is 0 Å². The number of pyridine rings is 2. The smallest absolute Gasteiger partial charge is 0.306 e. The van der Waals surface area contributed by atoms with Crippen molar-refractivity contribution < 1.29 is 19.4 Å². The highest BCUT2D eigenvalue weighted by Crippen LogP contribution is 2.32. The first-order valence-electron chi connectivity index (χ1n) is 12.9. The molecule has 1 aliphatic carbocycles. The van der Waals surface area contributed by atoms with Gasteiger partial charge in [0.25, 0.3) is 0 Å². The van der Waals surface area contributed by atoms with E-state index in [9.17, 15) is 9.90 Å². The molecule has 2 aromatic heterocycles. The molecule has 1 aliphatic rings. The highest BCUT2D eigenvalue weighted by atomic mass is 16.5. The lowest BCUT2D eigenvalue weighted by molar-refractivity contribution is -0.142. The molecule has 38 heavy (non-hydrogen) atoms. The summed E-state index contributed by atoms with van der Waals surface area (Å²) in [6, 6.07) is 27.9. The second kappa shape index (κ2) is 12.2. The van der Waals surface area contributed by atoms with E-state index in [1.807, 2.05) is 91.1 Å². The molecule has 2 heterocycles. The van der Waals surface area contributed by atoms with Gasteiger partial charge in [0, 0.05) is 29.4 Å². The number of carboxylic acid groups (broad SMARTS) is 1. The largest absolute Gasteiger partial charge is 0.481 e. The van der Waals surface area contributed by atoms with Crippen molar-refractivity contribution in [2.24, 2.45) is 5.92 Å². The molecule has 4 aromatic rings. The number of nitrogens with zero attached hydrogens (tertiary/aromatic N) is 2. The predicted octanol–water partition coefficient (Wildman–Crippen LogP) is 6.36. The molecule has 2 N–H and O–H groups in total. The monoisotopic (exact) mass is 509 g/mol. The van der Waals surface area contributed by atoms with E-state index in [0.29, 0.717) is 37.8 Å². The molecule has 0 atom stereocenters. The summed E-state index contributed by atoms with van der Waals surface area (Å²) in [4.78, 5) is 20.5. The van der Waals surface area contributed by atoms with Gasteiger partial charge in [-0.3, -0.25) is 4.79 Å². The summed E-state index contributed by atoms with van der Waals surface area (Å²) in [6.07, 6.45) is 4.84. The maximum atomic E-state index is 11.2. The SMILES string of the molecule is O=C(O)[C@H]1CC[C@H](Nc2ccc(-c3ccc(OCc4ccccc4)nc3OCc3ccccc3)cn2)CC1. The van der Waals surface area contributed by atoms with E-state index in [-0.39, 0.29) is 12.0 Å². The van der Waals surface area contributed by atoms with Crippen molar-refractivity contribution in [3.05, 3.63) is 102 Å². The molecule has 5 rings (SSSR count). The van der Waals surface area contributed by atoms with Crippen LogP contribution in [0.15, 0.2) is 91.1 Å². The third-order valence-corrected chi connectivity index (χ3v) is 6.79. The van der Waals surface area contributed by atoms with Gasteiger partial charge in [-0.2, -0.15) is 4.98 Å². The average molecular weight is 510 g/mol. The maximum Gasteiger partial charge on any atom is 0.306 e. The van der Waals surface area contributed by atoms with Gasteiger partial charge in [-0.15, -0.1) is 0 Å². The zero-order valence-electron chi connectivity index (χ0n) is 21.1. The summed E-state index contributed by atoms with van der Waals surface area (Å²) in [5, 5.41) is 12.7. The highest BCUT2D eigenvalue weighted by Gasteiger charge is 2.26. The van der Waals surface area contributed by atoms with Crippen LogP contribution in [0.1, 0.15) is 36.8 Å². The van der Waals surface area contributed by atoms with Crippen LogP contribution in [-0.2, 0) is 18.0 Å². The lowest BCUT2D eigenvalue weighted by Gasteiger charge is -2.27. The quantitative estimate of drug-likeness (QED) is 0.257. The number of anilines is 1. The van der Waals surface area contributed by atoms with Gasteiger partial charge in [-0.25, -0.2) is 4.98 Å². The number of carboxylic acids is 1. The number of ether oxygens (including phenoxy) is 2. The normalized spacial score (nSPS) is 16.9. The molecule has 7 nitrogen and oxygen atoms in total. The first-order chi connectivity index (χ1) is 18.6. The van der Waals surface area contributed by atoms with Crippen molar-refractivity contribution in [3.63, 3.8) is 0 Å². The van der Waals surface area contributed by atoms with Gasteiger partial charge in [0.1, 0.15) is 19.0 Å². The first-order valence-corrected chi connectivity index (χ1v) is 12.9. The van der Waals surface area contributed by atoms with Crippen molar-refractivity contribution in [1.29, 1.82) is 0 Å². The Morgan fingerprint density at radius 1 is 0.816 bits per heavy atom. The van der Waals surface area contributed by atoms with E-state index < -0.39 is 5.97 Å². The van der Waals surface area contributed by atoms with Crippen LogP contribution in [0.5, 0.6) is 11.8 Å². The second-order valence-electron chi connectivity index (χ2n) is 9.51. The Morgan fingerprint density at radius 2 is 1.47 bits per heavy atom. The van der Waals surface area contributed by atoms with Crippen molar-refractivity contribution in [1.82, 2.24) is 9.97 Å². The topological polar surface area (TPSA) is 93.6 Å². The van der Waals surface area contributed by atoms with Crippen LogP contribution in [0.3, 0.4) is 0 Å². The summed E-state index contributed by atoms with van der Waals surface area (Å²) in [6.45, 7) is 0.802. The number of carbonyl (C=O) groups is 1. The Hall–Kier alpha value is -4.39. The molecule has 0 bridgehead atoms. The molecule has 1 saturated carbocycles. The van der Waals surface area contributed by atoms with E-state index in [1.54, 1.807) is 0 Å². The average Bonchev–Trinajstić information content (AvgIpc) is 2.97. The van der Waals surface area contributed by atoms with E-state index in [1.165, 1.54) is 0 Å². The maximum absolute atomic E-state index is 11.2. The number of rotatable bonds is 10. The molecular weight excluding hydrogens is 478 g/mol. The number of benzene rings is 2. The van der Waals surface area contributed by atoms with Crippen LogP contribution < -0.4 is 14.8 Å². The van der Waals surface area contributed by atoms with Crippen molar-refractivity contribution in [2.45, 2.75) is 44.9 Å². The first kappa shape index (κ1) is 25.3. The Balaban J connectivity index is 1.30. The van der Waals surface area contributed by atoms with Gasteiger partial charge in [-0.05, 0) is 55.0 Å². The highest BCUT2D eigenvalue weighted by molar-refractivity contribution is 5.70. The molecule has 194 valence electrons. The van der Waals surface area contributed by atoms with E-state index in [2.05, 4.69) is 15.3 Å². The van der Waals surface area contributed by atoms with Crippen LogP contribution in [0, 0.1) is 5.92 Å².